The van der Waals surface area contributed by atoms with E-state index in [9.17, 15) is 9.18 Å². The quantitative estimate of drug-likeness (QED) is 0.869. The van der Waals surface area contributed by atoms with Crippen LogP contribution in [0.2, 0.25) is 5.02 Å². The molecule has 0 saturated carbocycles. The molecule has 0 bridgehead atoms. The molecule has 0 spiro atoms. The van der Waals surface area contributed by atoms with E-state index in [2.05, 4.69) is 5.32 Å². The monoisotopic (exact) mass is 255 g/mol. The molecular formula is C11H7ClFNOS. The standard InChI is InChI=1S/C11H7ClFNOS/c12-7-1-2-10(13)9(5-7)11(15)14-8-3-4-16-6-8/h1-6H,(H,14,15). The third-order valence-corrected chi connectivity index (χ3v) is 2.87. The maximum absolute atomic E-state index is 13.3. The van der Waals surface area contributed by atoms with E-state index in [1.807, 2.05) is 5.38 Å². The molecule has 0 aliphatic carbocycles. The fourth-order valence-corrected chi connectivity index (χ4v) is 1.97. The van der Waals surface area contributed by atoms with Crippen LogP contribution >= 0.6 is 22.9 Å². The Bertz CT molecular complexity index is 513. The number of nitrogens with one attached hydrogen (secondary N) is 1. The normalized spacial score (nSPS) is 10.1. The van der Waals surface area contributed by atoms with Gasteiger partial charge in [-0.1, -0.05) is 11.6 Å². The van der Waals surface area contributed by atoms with E-state index in [0.717, 1.165) is 0 Å². The zero-order valence-corrected chi connectivity index (χ0v) is 9.61. The van der Waals surface area contributed by atoms with Crippen molar-refractivity contribution < 1.29 is 9.18 Å². The average molecular weight is 256 g/mol. The molecule has 16 heavy (non-hydrogen) atoms. The Labute approximate surface area is 101 Å². The van der Waals surface area contributed by atoms with Gasteiger partial charge in [-0.3, -0.25) is 4.79 Å². The van der Waals surface area contributed by atoms with Gasteiger partial charge in [-0.05, 0) is 29.6 Å². The molecule has 0 radical (unpaired) electrons. The van der Waals surface area contributed by atoms with E-state index < -0.39 is 11.7 Å². The van der Waals surface area contributed by atoms with Crippen molar-refractivity contribution in [3.05, 3.63) is 51.4 Å². The van der Waals surface area contributed by atoms with Gasteiger partial charge in [0.25, 0.3) is 5.91 Å². The molecule has 1 N–H and O–H groups in total. The SMILES string of the molecule is O=C(Nc1ccsc1)c1cc(Cl)ccc1F. The topological polar surface area (TPSA) is 29.1 Å². The number of amides is 1. The predicted octanol–water partition coefficient (Wildman–Crippen LogP) is 3.79. The second kappa shape index (κ2) is 4.63. The number of thiophene rings is 1. The van der Waals surface area contributed by atoms with Gasteiger partial charge in [-0.2, -0.15) is 11.3 Å². The van der Waals surface area contributed by atoms with Crippen LogP contribution in [0.4, 0.5) is 10.1 Å². The summed E-state index contributed by atoms with van der Waals surface area (Å²) in [5.74, 6) is -1.09. The lowest BCUT2D eigenvalue weighted by molar-refractivity contribution is 0.102. The highest BCUT2D eigenvalue weighted by Crippen LogP contribution is 2.18. The molecule has 2 rings (SSSR count). The summed E-state index contributed by atoms with van der Waals surface area (Å²) < 4.78 is 13.3. The van der Waals surface area contributed by atoms with Crippen LogP contribution in [0.3, 0.4) is 0 Å². The van der Waals surface area contributed by atoms with Crippen LogP contribution in [0, 0.1) is 5.82 Å². The minimum atomic E-state index is -0.586. The van der Waals surface area contributed by atoms with Crippen LogP contribution in [0.15, 0.2) is 35.0 Å². The Morgan fingerprint density at radius 3 is 2.88 bits per heavy atom. The molecule has 5 heteroatoms. The Balaban J connectivity index is 2.24. The predicted molar refractivity (Wildman–Crippen MR) is 63.7 cm³/mol. The van der Waals surface area contributed by atoms with E-state index in [-0.39, 0.29) is 5.56 Å². The molecule has 0 aliphatic heterocycles. The highest BCUT2D eigenvalue weighted by atomic mass is 35.5. The van der Waals surface area contributed by atoms with Gasteiger partial charge in [0.2, 0.25) is 0 Å². The minimum absolute atomic E-state index is 0.0568. The third-order valence-electron chi connectivity index (χ3n) is 1.95. The van der Waals surface area contributed by atoms with Gasteiger partial charge in [-0.25, -0.2) is 4.39 Å². The van der Waals surface area contributed by atoms with Gasteiger partial charge in [0.05, 0.1) is 11.3 Å². The van der Waals surface area contributed by atoms with Crippen LogP contribution in [0.1, 0.15) is 10.4 Å². The molecule has 1 aromatic carbocycles. The molecule has 82 valence electrons. The first-order valence-corrected chi connectivity index (χ1v) is 5.77. The third kappa shape index (κ3) is 2.40. The van der Waals surface area contributed by atoms with Crippen molar-refractivity contribution >= 4 is 34.5 Å². The molecule has 0 atom stereocenters. The van der Waals surface area contributed by atoms with Crippen molar-refractivity contribution in [1.82, 2.24) is 0 Å². The van der Waals surface area contributed by atoms with Crippen LogP contribution in [-0.4, -0.2) is 5.91 Å². The minimum Gasteiger partial charge on any atom is -0.321 e. The van der Waals surface area contributed by atoms with Crippen molar-refractivity contribution in [2.24, 2.45) is 0 Å². The molecule has 2 aromatic rings. The number of carbonyl (C=O) groups is 1. The summed E-state index contributed by atoms with van der Waals surface area (Å²) in [5.41, 5.74) is 0.591. The maximum Gasteiger partial charge on any atom is 0.258 e. The summed E-state index contributed by atoms with van der Waals surface area (Å²) in [4.78, 5) is 11.7. The zero-order valence-electron chi connectivity index (χ0n) is 8.04. The lowest BCUT2D eigenvalue weighted by atomic mass is 10.2. The molecule has 1 aromatic heterocycles. The molecule has 2 nitrogen and oxygen atoms in total. The number of anilines is 1. The maximum atomic E-state index is 13.3. The smallest absolute Gasteiger partial charge is 0.258 e. The van der Waals surface area contributed by atoms with Crippen molar-refractivity contribution in [1.29, 1.82) is 0 Å². The number of benzene rings is 1. The van der Waals surface area contributed by atoms with Crippen molar-refractivity contribution in [3.63, 3.8) is 0 Å². The van der Waals surface area contributed by atoms with Gasteiger partial charge < -0.3 is 5.32 Å². The Morgan fingerprint density at radius 2 is 2.19 bits per heavy atom. The van der Waals surface area contributed by atoms with E-state index in [4.69, 9.17) is 11.6 Å². The lowest BCUT2D eigenvalue weighted by Gasteiger charge is -2.04. The van der Waals surface area contributed by atoms with Gasteiger partial charge >= 0.3 is 0 Å². The summed E-state index contributed by atoms with van der Waals surface area (Å²) in [6.45, 7) is 0. The second-order valence-corrected chi connectivity index (χ2v) is 4.31. The number of halogens is 2. The second-order valence-electron chi connectivity index (χ2n) is 3.09. The van der Waals surface area contributed by atoms with Crippen LogP contribution in [-0.2, 0) is 0 Å². The van der Waals surface area contributed by atoms with Crippen molar-refractivity contribution in [2.45, 2.75) is 0 Å². The summed E-state index contributed by atoms with van der Waals surface area (Å²) in [6.07, 6.45) is 0. The van der Waals surface area contributed by atoms with E-state index in [0.29, 0.717) is 10.7 Å². The first kappa shape index (κ1) is 11.1. The summed E-state index contributed by atoms with van der Waals surface area (Å²) in [7, 11) is 0. The fraction of sp³-hybridized carbons (Fsp3) is 0. The van der Waals surface area contributed by atoms with Gasteiger partial charge in [0.1, 0.15) is 5.82 Å². The van der Waals surface area contributed by atoms with E-state index in [1.165, 1.54) is 29.5 Å². The summed E-state index contributed by atoms with van der Waals surface area (Å²) in [6, 6.07) is 5.62. The highest BCUT2D eigenvalue weighted by molar-refractivity contribution is 7.08. The van der Waals surface area contributed by atoms with Gasteiger partial charge in [0, 0.05) is 10.4 Å². The number of hydrogen-bond acceptors (Lipinski definition) is 2. The Kier molecular flexibility index (Phi) is 3.22. The number of rotatable bonds is 2. The first-order valence-electron chi connectivity index (χ1n) is 4.45. The molecule has 0 fully saturated rings. The molecular weight excluding hydrogens is 249 g/mol. The van der Waals surface area contributed by atoms with Crippen molar-refractivity contribution in [3.8, 4) is 0 Å². The fourth-order valence-electron chi connectivity index (χ4n) is 1.21. The zero-order chi connectivity index (χ0) is 11.5. The van der Waals surface area contributed by atoms with Crippen LogP contribution in [0.5, 0.6) is 0 Å². The lowest BCUT2D eigenvalue weighted by Crippen LogP contribution is -2.13. The molecule has 0 unspecified atom stereocenters. The number of carbonyl (C=O) groups excluding carboxylic acids is 1. The Hall–Kier alpha value is -1.39. The number of hydrogen-bond donors (Lipinski definition) is 1. The molecule has 1 amide bonds. The first-order chi connectivity index (χ1) is 7.66. The highest BCUT2D eigenvalue weighted by Gasteiger charge is 2.12. The van der Waals surface area contributed by atoms with Crippen LogP contribution < -0.4 is 5.32 Å². The molecule has 0 aliphatic rings. The van der Waals surface area contributed by atoms with Gasteiger partial charge in [0.15, 0.2) is 0 Å². The summed E-state index contributed by atoms with van der Waals surface area (Å²) >= 11 is 7.15. The Morgan fingerprint density at radius 1 is 1.38 bits per heavy atom. The van der Waals surface area contributed by atoms with Gasteiger partial charge in [-0.15, -0.1) is 0 Å². The molecule has 0 saturated heterocycles. The summed E-state index contributed by atoms with van der Waals surface area (Å²) in [5, 5.41) is 6.50. The van der Waals surface area contributed by atoms with Crippen molar-refractivity contribution in [2.75, 3.05) is 5.32 Å². The van der Waals surface area contributed by atoms with E-state index >= 15 is 0 Å². The van der Waals surface area contributed by atoms with Crippen LogP contribution in [0.25, 0.3) is 0 Å². The van der Waals surface area contributed by atoms with E-state index in [1.54, 1.807) is 11.4 Å². The largest absolute Gasteiger partial charge is 0.321 e. The molecule has 1 heterocycles. The average Bonchev–Trinajstić information content (AvgIpc) is 2.74.